The van der Waals surface area contributed by atoms with E-state index < -0.39 is 5.97 Å². The highest BCUT2D eigenvalue weighted by Gasteiger charge is 2.15. The smallest absolute Gasteiger partial charge is 0.371 e. The molecule has 1 N–H and O–H groups in total. The van der Waals surface area contributed by atoms with Gasteiger partial charge in [-0.25, -0.2) is 4.79 Å². The third kappa shape index (κ3) is 1.00. The molecule has 0 saturated heterocycles. The third-order valence-electron chi connectivity index (χ3n) is 2.04. The van der Waals surface area contributed by atoms with Crippen LogP contribution in [0, 0.1) is 6.92 Å². The van der Waals surface area contributed by atoms with Crippen LogP contribution in [0.25, 0.3) is 11.1 Å². The second kappa shape index (κ2) is 2.35. The predicted molar refractivity (Wildman–Crippen MR) is 44.7 cm³/mol. The van der Waals surface area contributed by atoms with Crippen molar-refractivity contribution in [1.82, 2.24) is 9.78 Å². The van der Waals surface area contributed by atoms with E-state index in [0.29, 0.717) is 5.71 Å². The Morgan fingerprint density at radius 3 is 2.92 bits per heavy atom. The number of fused-ring (bicyclic) bond motifs is 1. The van der Waals surface area contributed by atoms with Crippen molar-refractivity contribution in [3.8, 4) is 0 Å². The minimum absolute atomic E-state index is 0.0683. The third-order valence-corrected chi connectivity index (χ3v) is 2.04. The number of carboxylic acid groups (broad SMARTS) is 1. The number of carboxylic acids is 1. The highest BCUT2D eigenvalue weighted by molar-refractivity contribution is 5.91. The molecule has 0 aliphatic rings. The van der Waals surface area contributed by atoms with Crippen molar-refractivity contribution in [2.45, 2.75) is 6.92 Å². The van der Waals surface area contributed by atoms with Gasteiger partial charge in [-0.15, -0.1) is 5.10 Å². The Morgan fingerprint density at radius 1 is 1.69 bits per heavy atom. The van der Waals surface area contributed by atoms with Gasteiger partial charge in [0.05, 0.1) is 5.39 Å². The first kappa shape index (κ1) is 7.85. The lowest BCUT2D eigenvalue weighted by atomic mass is 10.3. The first-order valence-electron chi connectivity index (χ1n) is 3.76. The maximum Gasteiger partial charge on any atom is 0.371 e. The molecule has 0 amide bonds. The monoisotopic (exact) mass is 180 g/mol. The summed E-state index contributed by atoms with van der Waals surface area (Å²) in [6.45, 7) is 1.86. The summed E-state index contributed by atoms with van der Waals surface area (Å²) in [7, 11) is 1.78. The van der Waals surface area contributed by atoms with Crippen molar-refractivity contribution in [2.24, 2.45) is 7.05 Å². The average molecular weight is 180 g/mol. The van der Waals surface area contributed by atoms with Gasteiger partial charge in [-0.05, 0) is 6.92 Å². The summed E-state index contributed by atoms with van der Waals surface area (Å²) in [6, 6.07) is 1.49. The van der Waals surface area contributed by atoms with E-state index in [1.807, 2.05) is 6.92 Å². The van der Waals surface area contributed by atoms with Crippen molar-refractivity contribution >= 4 is 17.1 Å². The average Bonchev–Trinajstić information content (AvgIpc) is 2.55. The van der Waals surface area contributed by atoms with Crippen LogP contribution >= 0.6 is 0 Å². The van der Waals surface area contributed by atoms with Crippen molar-refractivity contribution in [2.75, 3.05) is 0 Å². The van der Waals surface area contributed by atoms with Gasteiger partial charge in [-0.2, -0.15) is 0 Å². The van der Waals surface area contributed by atoms with E-state index in [1.165, 1.54) is 6.07 Å². The van der Waals surface area contributed by atoms with E-state index in [1.54, 1.807) is 11.7 Å². The predicted octanol–water partition coefficient (Wildman–Crippen LogP) is 1.17. The molecule has 2 aromatic rings. The second-order valence-electron chi connectivity index (χ2n) is 2.84. The summed E-state index contributed by atoms with van der Waals surface area (Å²) in [5.41, 5.74) is 1.27. The van der Waals surface area contributed by atoms with E-state index in [2.05, 4.69) is 5.10 Å². The minimum atomic E-state index is -1.07. The van der Waals surface area contributed by atoms with Gasteiger partial charge in [0.2, 0.25) is 11.5 Å². The fourth-order valence-electron chi connectivity index (χ4n) is 1.21. The number of hydrogen-bond donors (Lipinski definition) is 1. The summed E-state index contributed by atoms with van der Waals surface area (Å²) in [6.07, 6.45) is 0. The quantitative estimate of drug-likeness (QED) is 0.715. The largest absolute Gasteiger partial charge is 0.475 e. The molecule has 2 heterocycles. The Bertz CT molecular complexity index is 481. The number of nitrogens with zero attached hydrogens (tertiary/aromatic N) is 2. The molecule has 0 spiro atoms. The van der Waals surface area contributed by atoms with E-state index in [9.17, 15) is 4.79 Å². The maximum atomic E-state index is 10.5. The van der Waals surface area contributed by atoms with Crippen LogP contribution in [0.15, 0.2) is 10.5 Å². The van der Waals surface area contributed by atoms with Crippen LogP contribution in [0.3, 0.4) is 0 Å². The van der Waals surface area contributed by atoms with Crippen LogP contribution in [-0.2, 0) is 7.05 Å². The molecule has 0 aliphatic heterocycles. The Balaban J connectivity index is 2.72. The molecule has 0 aromatic carbocycles. The van der Waals surface area contributed by atoms with Crippen molar-refractivity contribution in [1.29, 1.82) is 0 Å². The maximum absolute atomic E-state index is 10.5. The van der Waals surface area contributed by atoms with E-state index in [0.717, 1.165) is 11.1 Å². The lowest BCUT2D eigenvalue weighted by Gasteiger charge is -1.90. The second-order valence-corrected chi connectivity index (χ2v) is 2.84. The van der Waals surface area contributed by atoms with Crippen LogP contribution in [-0.4, -0.2) is 20.9 Å². The van der Waals surface area contributed by atoms with E-state index in [4.69, 9.17) is 9.52 Å². The molecule has 68 valence electrons. The van der Waals surface area contributed by atoms with Gasteiger partial charge in [0.25, 0.3) is 0 Å². The number of furan rings is 1. The summed E-state index contributed by atoms with van der Waals surface area (Å²) in [5, 5.41) is 13.4. The van der Waals surface area contributed by atoms with Crippen molar-refractivity contribution in [3.05, 3.63) is 17.5 Å². The minimum Gasteiger partial charge on any atom is -0.475 e. The molecule has 0 aliphatic carbocycles. The zero-order valence-corrected chi connectivity index (χ0v) is 7.24. The number of carbonyl (C=O) groups is 1. The van der Waals surface area contributed by atoms with Crippen LogP contribution < -0.4 is 0 Å². The molecular weight excluding hydrogens is 172 g/mol. The highest BCUT2D eigenvalue weighted by Crippen LogP contribution is 2.21. The van der Waals surface area contributed by atoms with E-state index >= 15 is 0 Å². The van der Waals surface area contributed by atoms with Crippen LogP contribution in [0.1, 0.15) is 16.2 Å². The number of aromatic carboxylic acids is 1. The molecule has 0 atom stereocenters. The molecule has 0 fully saturated rings. The summed E-state index contributed by atoms with van der Waals surface area (Å²) < 4.78 is 6.65. The van der Waals surface area contributed by atoms with Gasteiger partial charge >= 0.3 is 5.97 Å². The Hall–Kier alpha value is -1.78. The number of hydrogen-bond acceptors (Lipinski definition) is 3. The van der Waals surface area contributed by atoms with Gasteiger partial charge in [0, 0.05) is 18.8 Å². The molecule has 0 unspecified atom stereocenters. The molecule has 0 bridgehead atoms. The molecule has 0 radical (unpaired) electrons. The Kier molecular flexibility index (Phi) is 1.42. The van der Waals surface area contributed by atoms with Gasteiger partial charge < -0.3 is 9.52 Å². The fourth-order valence-corrected chi connectivity index (χ4v) is 1.21. The Labute approximate surface area is 73.6 Å². The fraction of sp³-hybridized carbons (Fsp3) is 0.250. The Morgan fingerprint density at radius 2 is 2.38 bits per heavy atom. The van der Waals surface area contributed by atoms with E-state index in [-0.39, 0.29) is 5.76 Å². The van der Waals surface area contributed by atoms with Gasteiger partial charge in [0.15, 0.2) is 0 Å². The SMILES string of the molecule is Cc1c2cc(C(=O)O)oc2nn1C. The molecular formula is C8H8N2O3. The first-order valence-corrected chi connectivity index (χ1v) is 3.76. The summed E-state index contributed by atoms with van der Waals surface area (Å²) in [5.74, 6) is -1.14. The van der Waals surface area contributed by atoms with Gasteiger partial charge in [-0.1, -0.05) is 0 Å². The molecule has 5 heteroatoms. The van der Waals surface area contributed by atoms with Gasteiger partial charge in [0.1, 0.15) is 0 Å². The number of aryl methyl sites for hydroxylation is 2. The van der Waals surface area contributed by atoms with Gasteiger partial charge in [-0.3, -0.25) is 4.68 Å². The molecule has 2 aromatic heterocycles. The van der Waals surface area contributed by atoms with Crippen molar-refractivity contribution < 1.29 is 14.3 Å². The van der Waals surface area contributed by atoms with Crippen LogP contribution in [0.5, 0.6) is 0 Å². The number of aromatic nitrogens is 2. The first-order chi connectivity index (χ1) is 6.09. The standard InChI is InChI=1S/C8H8N2O3/c1-4-5-3-6(8(11)12)13-7(5)9-10(4)2/h3H,1-2H3,(H,11,12). The molecule has 0 saturated carbocycles. The zero-order chi connectivity index (χ0) is 9.59. The van der Waals surface area contributed by atoms with Crippen LogP contribution in [0.4, 0.5) is 0 Å². The normalized spacial score (nSPS) is 10.9. The van der Waals surface area contributed by atoms with Crippen molar-refractivity contribution in [3.63, 3.8) is 0 Å². The molecule has 2 rings (SSSR count). The lowest BCUT2D eigenvalue weighted by molar-refractivity contribution is 0.0664. The number of rotatable bonds is 1. The topological polar surface area (TPSA) is 68.3 Å². The van der Waals surface area contributed by atoms with Crippen LogP contribution in [0.2, 0.25) is 0 Å². The highest BCUT2D eigenvalue weighted by atomic mass is 16.4. The molecule has 13 heavy (non-hydrogen) atoms. The molecule has 5 nitrogen and oxygen atoms in total. The lowest BCUT2D eigenvalue weighted by Crippen LogP contribution is -1.95. The summed E-state index contributed by atoms with van der Waals surface area (Å²) in [4.78, 5) is 10.5. The summed E-state index contributed by atoms with van der Waals surface area (Å²) >= 11 is 0. The zero-order valence-electron chi connectivity index (χ0n) is 7.24.